The van der Waals surface area contributed by atoms with Crippen LogP contribution < -0.4 is 9.47 Å². The molecule has 1 rings (SSSR count). The number of nitrogens with zero attached hydrogens (tertiary/aromatic N) is 1. The smallest absolute Gasteiger partial charge is 0.280 e. The molecule has 0 spiro atoms. The highest BCUT2D eigenvalue weighted by atomic mass is 16.6. The van der Waals surface area contributed by atoms with Crippen LogP contribution in [0.15, 0.2) is 25.0 Å². The standard InChI is InChI=1S/C11H13NO5/c1-4-17-7-8-5-10(15-2)11(16-3)6-9(8)12(13)14/h4-6H,1,7H2,2-3H3. The van der Waals surface area contributed by atoms with Crippen LogP contribution in [0.5, 0.6) is 11.5 Å². The number of hydrogen-bond donors (Lipinski definition) is 0. The summed E-state index contributed by atoms with van der Waals surface area (Å²) in [4.78, 5) is 10.4. The van der Waals surface area contributed by atoms with Gasteiger partial charge in [-0.3, -0.25) is 10.1 Å². The van der Waals surface area contributed by atoms with Gasteiger partial charge in [0.25, 0.3) is 5.69 Å². The Hall–Kier alpha value is -2.24. The van der Waals surface area contributed by atoms with Gasteiger partial charge in [-0.1, -0.05) is 6.58 Å². The third-order valence-corrected chi connectivity index (χ3v) is 2.14. The van der Waals surface area contributed by atoms with Crippen molar-refractivity contribution in [3.05, 3.63) is 40.7 Å². The molecule has 0 aliphatic carbocycles. The molecule has 0 bridgehead atoms. The minimum atomic E-state index is -0.496. The maximum Gasteiger partial charge on any atom is 0.280 e. The molecule has 0 heterocycles. The summed E-state index contributed by atoms with van der Waals surface area (Å²) in [7, 11) is 2.88. The zero-order valence-corrected chi connectivity index (χ0v) is 9.63. The molecule has 0 aliphatic heterocycles. The first-order valence-corrected chi connectivity index (χ1v) is 4.75. The minimum Gasteiger partial charge on any atom is -0.497 e. The van der Waals surface area contributed by atoms with Crippen molar-refractivity contribution in [3.63, 3.8) is 0 Å². The van der Waals surface area contributed by atoms with Crippen molar-refractivity contribution in [2.45, 2.75) is 6.61 Å². The van der Waals surface area contributed by atoms with Crippen LogP contribution in [0.1, 0.15) is 5.56 Å². The SMILES string of the molecule is C=COCc1cc(OC)c(OC)cc1[N+](=O)[O-]. The lowest BCUT2D eigenvalue weighted by molar-refractivity contribution is -0.385. The Morgan fingerprint density at radius 2 is 1.94 bits per heavy atom. The first kappa shape index (κ1) is 12.8. The monoisotopic (exact) mass is 239 g/mol. The predicted octanol–water partition coefficient (Wildman–Crippen LogP) is 2.27. The summed E-state index contributed by atoms with van der Waals surface area (Å²) in [5.41, 5.74) is 0.317. The highest BCUT2D eigenvalue weighted by Gasteiger charge is 2.19. The number of methoxy groups -OCH3 is 2. The lowest BCUT2D eigenvalue weighted by atomic mass is 10.1. The van der Waals surface area contributed by atoms with E-state index < -0.39 is 4.92 Å². The second-order valence-electron chi connectivity index (χ2n) is 3.07. The Kier molecular flexibility index (Phi) is 4.33. The van der Waals surface area contributed by atoms with E-state index in [0.717, 1.165) is 0 Å². The van der Waals surface area contributed by atoms with Gasteiger partial charge in [0.1, 0.15) is 6.61 Å². The highest BCUT2D eigenvalue weighted by Crippen LogP contribution is 2.34. The fourth-order valence-corrected chi connectivity index (χ4v) is 1.34. The van der Waals surface area contributed by atoms with Crippen LogP contribution in [0.3, 0.4) is 0 Å². The lowest BCUT2D eigenvalue weighted by Gasteiger charge is -2.10. The Labute approximate surface area is 98.6 Å². The van der Waals surface area contributed by atoms with E-state index in [9.17, 15) is 10.1 Å². The minimum absolute atomic E-state index is 0.0557. The van der Waals surface area contributed by atoms with E-state index in [4.69, 9.17) is 14.2 Å². The van der Waals surface area contributed by atoms with E-state index in [1.807, 2.05) is 0 Å². The van der Waals surface area contributed by atoms with Crippen molar-refractivity contribution in [1.82, 2.24) is 0 Å². The summed E-state index contributed by atoms with van der Waals surface area (Å²) in [6.45, 7) is 3.43. The summed E-state index contributed by atoms with van der Waals surface area (Å²) >= 11 is 0. The van der Waals surface area contributed by atoms with Gasteiger partial charge < -0.3 is 14.2 Å². The van der Waals surface area contributed by atoms with Crippen molar-refractivity contribution in [2.24, 2.45) is 0 Å². The summed E-state index contributed by atoms with van der Waals surface area (Å²) in [6.07, 6.45) is 1.22. The molecule has 0 amide bonds. The van der Waals surface area contributed by atoms with Crippen LogP contribution in [0.4, 0.5) is 5.69 Å². The molecule has 6 heteroatoms. The normalized spacial score (nSPS) is 9.53. The molecule has 0 saturated heterocycles. The van der Waals surface area contributed by atoms with Gasteiger partial charge in [-0.15, -0.1) is 0 Å². The largest absolute Gasteiger partial charge is 0.497 e. The molecule has 1 aromatic rings. The van der Waals surface area contributed by atoms with E-state index in [2.05, 4.69) is 6.58 Å². The van der Waals surface area contributed by atoms with E-state index in [0.29, 0.717) is 17.1 Å². The highest BCUT2D eigenvalue weighted by molar-refractivity contribution is 5.54. The van der Waals surface area contributed by atoms with Gasteiger partial charge in [0, 0.05) is 0 Å². The molecule has 0 fully saturated rings. The van der Waals surface area contributed by atoms with Crippen molar-refractivity contribution in [3.8, 4) is 11.5 Å². The third-order valence-electron chi connectivity index (χ3n) is 2.14. The molecular formula is C11H13NO5. The van der Waals surface area contributed by atoms with Crippen LogP contribution in [0, 0.1) is 10.1 Å². The van der Waals surface area contributed by atoms with E-state index in [1.54, 1.807) is 0 Å². The van der Waals surface area contributed by atoms with E-state index >= 15 is 0 Å². The Morgan fingerprint density at radius 1 is 1.35 bits per heavy atom. The van der Waals surface area contributed by atoms with Gasteiger partial charge >= 0.3 is 0 Å². The maximum absolute atomic E-state index is 10.9. The summed E-state index contributed by atoms with van der Waals surface area (Å²) in [5.74, 6) is 0.724. The lowest BCUT2D eigenvalue weighted by Crippen LogP contribution is -2.00. The van der Waals surface area contributed by atoms with Crippen LogP contribution in [0.2, 0.25) is 0 Å². The molecule has 0 unspecified atom stereocenters. The van der Waals surface area contributed by atoms with Crippen molar-refractivity contribution >= 4 is 5.69 Å². The average Bonchev–Trinajstić information content (AvgIpc) is 2.34. The van der Waals surface area contributed by atoms with E-state index in [1.165, 1.54) is 32.6 Å². The molecule has 17 heavy (non-hydrogen) atoms. The maximum atomic E-state index is 10.9. The Bertz CT molecular complexity index is 430. The summed E-state index contributed by atoms with van der Waals surface area (Å²) in [6, 6.07) is 2.82. The predicted molar refractivity (Wildman–Crippen MR) is 61.2 cm³/mol. The first-order valence-electron chi connectivity index (χ1n) is 4.75. The zero-order chi connectivity index (χ0) is 12.8. The molecule has 0 radical (unpaired) electrons. The van der Waals surface area contributed by atoms with Gasteiger partial charge in [0.05, 0.1) is 37.0 Å². The molecule has 0 aliphatic rings. The molecule has 0 aromatic heterocycles. The number of nitro groups is 1. The molecule has 0 atom stereocenters. The van der Waals surface area contributed by atoms with Crippen molar-refractivity contribution < 1.29 is 19.1 Å². The van der Waals surface area contributed by atoms with Crippen molar-refractivity contribution in [2.75, 3.05) is 14.2 Å². The Morgan fingerprint density at radius 3 is 2.41 bits per heavy atom. The van der Waals surface area contributed by atoms with Gasteiger partial charge in [-0.2, -0.15) is 0 Å². The second kappa shape index (κ2) is 5.74. The van der Waals surface area contributed by atoms with Crippen molar-refractivity contribution in [1.29, 1.82) is 0 Å². The first-order chi connectivity index (χ1) is 8.13. The number of ether oxygens (including phenoxy) is 3. The van der Waals surface area contributed by atoms with Gasteiger partial charge in [-0.25, -0.2) is 0 Å². The van der Waals surface area contributed by atoms with E-state index in [-0.39, 0.29) is 12.3 Å². The van der Waals surface area contributed by atoms with Crippen LogP contribution in [-0.4, -0.2) is 19.1 Å². The van der Waals surface area contributed by atoms with Gasteiger partial charge in [-0.05, 0) is 6.07 Å². The number of benzene rings is 1. The van der Waals surface area contributed by atoms with Gasteiger partial charge in [0.2, 0.25) is 0 Å². The average molecular weight is 239 g/mol. The molecule has 6 nitrogen and oxygen atoms in total. The number of rotatable bonds is 6. The number of nitro benzene ring substituents is 1. The summed E-state index contributed by atoms with van der Waals surface area (Å²) < 4.78 is 15.0. The second-order valence-corrected chi connectivity index (χ2v) is 3.07. The molecule has 0 N–H and O–H groups in total. The topological polar surface area (TPSA) is 70.8 Å². The Balaban J connectivity index is 3.24. The van der Waals surface area contributed by atoms with Crippen LogP contribution in [-0.2, 0) is 11.3 Å². The van der Waals surface area contributed by atoms with Crippen LogP contribution in [0.25, 0.3) is 0 Å². The van der Waals surface area contributed by atoms with Crippen LogP contribution >= 0.6 is 0 Å². The zero-order valence-electron chi connectivity index (χ0n) is 9.63. The molecule has 1 aromatic carbocycles. The fourth-order valence-electron chi connectivity index (χ4n) is 1.34. The molecule has 92 valence electrons. The molecule has 0 saturated carbocycles. The third kappa shape index (κ3) is 2.87. The van der Waals surface area contributed by atoms with Gasteiger partial charge in [0.15, 0.2) is 11.5 Å². The number of hydrogen-bond acceptors (Lipinski definition) is 5. The molecular weight excluding hydrogens is 226 g/mol. The fraction of sp³-hybridized carbons (Fsp3) is 0.273. The quantitative estimate of drug-likeness (QED) is 0.432. The summed E-state index contributed by atoms with van der Waals surface area (Å²) in [5, 5.41) is 10.9.